The summed E-state index contributed by atoms with van der Waals surface area (Å²) in [5.74, 6) is 0.896. The Hall–Kier alpha value is -1.80. The fraction of sp³-hybridized carbons (Fsp3) is 0.500. The molecule has 2 aromatic heterocycles. The first kappa shape index (κ1) is 15.1. The summed E-state index contributed by atoms with van der Waals surface area (Å²) in [5, 5.41) is 6.52. The Morgan fingerprint density at radius 1 is 1.45 bits per heavy atom. The molecule has 0 aromatic carbocycles. The lowest BCUT2D eigenvalue weighted by molar-refractivity contribution is 0.373. The zero-order valence-electron chi connectivity index (χ0n) is 12.3. The van der Waals surface area contributed by atoms with Crippen LogP contribution in [-0.2, 0) is 22.7 Å². The lowest BCUT2D eigenvalue weighted by Crippen LogP contribution is -2.45. The topological polar surface area (TPSA) is 98.0 Å². The first-order valence-electron chi connectivity index (χ1n) is 7.29. The van der Waals surface area contributed by atoms with Crippen molar-refractivity contribution in [3.05, 3.63) is 29.8 Å². The molecule has 0 radical (unpaired) electrons. The highest BCUT2D eigenvalue weighted by Crippen LogP contribution is 2.20. The molecule has 2 aromatic rings. The molecule has 1 N–H and O–H groups in total. The van der Waals surface area contributed by atoms with Crippen LogP contribution < -0.4 is 5.32 Å². The number of nitrogens with zero attached hydrogens (tertiary/aromatic N) is 3. The average molecular weight is 322 g/mol. The minimum absolute atomic E-state index is 0.152. The van der Waals surface area contributed by atoms with Gasteiger partial charge in [0, 0.05) is 25.7 Å². The van der Waals surface area contributed by atoms with Gasteiger partial charge in [-0.1, -0.05) is 18.1 Å². The molecule has 7 nitrogen and oxygen atoms in total. The molecule has 1 aliphatic heterocycles. The van der Waals surface area contributed by atoms with E-state index in [4.69, 9.17) is 4.52 Å². The smallest absolute Gasteiger partial charge is 0.228 e. The molecule has 1 aliphatic rings. The zero-order valence-corrected chi connectivity index (χ0v) is 13.1. The van der Waals surface area contributed by atoms with Crippen LogP contribution in [0.15, 0.2) is 22.9 Å². The van der Waals surface area contributed by atoms with Gasteiger partial charge in [0.1, 0.15) is 5.69 Å². The van der Waals surface area contributed by atoms with Crippen LogP contribution in [0.5, 0.6) is 0 Å². The highest BCUT2D eigenvalue weighted by molar-refractivity contribution is 7.92. The molecule has 0 saturated carbocycles. The molecule has 0 amide bonds. The monoisotopic (exact) mass is 322 g/mol. The van der Waals surface area contributed by atoms with Crippen molar-refractivity contribution in [2.75, 3.05) is 18.8 Å². The quantitative estimate of drug-likeness (QED) is 0.881. The summed E-state index contributed by atoms with van der Waals surface area (Å²) in [6.45, 7) is 2.95. The molecular weight excluding hydrogens is 304 g/mol. The van der Waals surface area contributed by atoms with Crippen LogP contribution in [0.4, 0.5) is 0 Å². The van der Waals surface area contributed by atoms with E-state index in [1.807, 2.05) is 19.1 Å². The lowest BCUT2D eigenvalue weighted by Gasteiger charge is -2.21. The summed E-state index contributed by atoms with van der Waals surface area (Å²) >= 11 is 0. The standard InChI is InChI=1S/C14H18N4O3S/c1-2-10-4-3-5-16-13(10)14-17-12(21-18-14)8-11-9-15-6-7-22(11,19)20/h3-5,11,15H,2,6-9H2,1H3/t11-/m0/s1. The number of aryl methyl sites for hydroxylation is 1. The van der Waals surface area contributed by atoms with Crippen LogP contribution >= 0.6 is 0 Å². The molecule has 1 fully saturated rings. The fourth-order valence-corrected chi connectivity index (χ4v) is 4.05. The third-order valence-corrected chi connectivity index (χ3v) is 5.92. The molecule has 0 unspecified atom stereocenters. The van der Waals surface area contributed by atoms with Crippen LogP contribution in [0.25, 0.3) is 11.5 Å². The van der Waals surface area contributed by atoms with E-state index >= 15 is 0 Å². The molecule has 0 spiro atoms. The summed E-state index contributed by atoms with van der Waals surface area (Å²) in [5.41, 5.74) is 1.71. The predicted molar refractivity (Wildman–Crippen MR) is 81.1 cm³/mol. The van der Waals surface area contributed by atoms with Gasteiger partial charge in [-0.05, 0) is 18.1 Å². The van der Waals surface area contributed by atoms with E-state index < -0.39 is 15.1 Å². The molecule has 3 heterocycles. The second kappa shape index (κ2) is 6.13. The highest BCUT2D eigenvalue weighted by Gasteiger charge is 2.30. The molecule has 0 aliphatic carbocycles. The van der Waals surface area contributed by atoms with Gasteiger partial charge in [-0.25, -0.2) is 8.42 Å². The van der Waals surface area contributed by atoms with Crippen LogP contribution in [0, 0.1) is 0 Å². The Balaban J connectivity index is 1.82. The largest absolute Gasteiger partial charge is 0.339 e. The molecule has 1 atom stereocenters. The third-order valence-electron chi connectivity index (χ3n) is 3.80. The molecule has 8 heteroatoms. The second-order valence-electron chi connectivity index (χ2n) is 5.27. The number of pyridine rings is 1. The maximum absolute atomic E-state index is 12.0. The van der Waals surface area contributed by atoms with Crippen molar-refractivity contribution in [3.63, 3.8) is 0 Å². The summed E-state index contributed by atoms with van der Waals surface area (Å²) < 4.78 is 29.3. The van der Waals surface area contributed by atoms with Crippen molar-refractivity contribution in [1.82, 2.24) is 20.4 Å². The number of hydrogen-bond donors (Lipinski definition) is 1. The average Bonchev–Trinajstić information content (AvgIpc) is 2.98. The van der Waals surface area contributed by atoms with Crippen LogP contribution in [0.1, 0.15) is 18.4 Å². The van der Waals surface area contributed by atoms with Gasteiger partial charge >= 0.3 is 0 Å². The van der Waals surface area contributed by atoms with Gasteiger partial charge in [0.25, 0.3) is 0 Å². The number of rotatable bonds is 4. The van der Waals surface area contributed by atoms with E-state index in [-0.39, 0.29) is 12.2 Å². The summed E-state index contributed by atoms with van der Waals surface area (Å²) in [7, 11) is -3.10. The minimum Gasteiger partial charge on any atom is -0.339 e. The fourth-order valence-electron chi connectivity index (χ4n) is 2.52. The van der Waals surface area contributed by atoms with Gasteiger partial charge in [-0.15, -0.1) is 0 Å². The number of aromatic nitrogens is 3. The molecule has 3 rings (SSSR count). The van der Waals surface area contributed by atoms with Crippen molar-refractivity contribution in [1.29, 1.82) is 0 Å². The van der Waals surface area contributed by atoms with Gasteiger partial charge in [0.2, 0.25) is 11.7 Å². The Morgan fingerprint density at radius 2 is 2.32 bits per heavy atom. The SMILES string of the molecule is CCc1cccnc1-c1noc(C[C@H]2CNCCS2(=O)=O)n1. The second-order valence-corrected chi connectivity index (χ2v) is 7.67. The normalized spacial score (nSPS) is 20.9. The van der Waals surface area contributed by atoms with E-state index in [0.29, 0.717) is 30.5 Å². The Bertz CT molecular complexity index is 757. The van der Waals surface area contributed by atoms with E-state index in [9.17, 15) is 8.42 Å². The molecule has 118 valence electrons. The van der Waals surface area contributed by atoms with E-state index in [1.54, 1.807) is 6.20 Å². The molecule has 22 heavy (non-hydrogen) atoms. The maximum atomic E-state index is 12.0. The summed E-state index contributed by atoms with van der Waals surface area (Å²) in [4.78, 5) is 8.61. The first-order valence-corrected chi connectivity index (χ1v) is 9.01. The van der Waals surface area contributed by atoms with Gasteiger partial charge < -0.3 is 9.84 Å². The maximum Gasteiger partial charge on any atom is 0.228 e. The number of nitrogens with one attached hydrogen (secondary N) is 1. The Morgan fingerprint density at radius 3 is 3.09 bits per heavy atom. The van der Waals surface area contributed by atoms with E-state index in [0.717, 1.165) is 12.0 Å². The zero-order chi connectivity index (χ0) is 15.6. The van der Waals surface area contributed by atoms with Gasteiger partial charge in [0.15, 0.2) is 9.84 Å². The van der Waals surface area contributed by atoms with E-state index in [1.165, 1.54) is 0 Å². The van der Waals surface area contributed by atoms with Crippen LogP contribution in [-0.4, -0.2) is 47.6 Å². The van der Waals surface area contributed by atoms with Gasteiger partial charge in [-0.3, -0.25) is 4.98 Å². The molecule has 1 saturated heterocycles. The van der Waals surface area contributed by atoms with Crippen molar-refractivity contribution in [3.8, 4) is 11.5 Å². The predicted octanol–water partition coefficient (Wildman–Crippen LogP) is 0.623. The van der Waals surface area contributed by atoms with Crippen LogP contribution in [0.3, 0.4) is 0 Å². The minimum atomic E-state index is -3.10. The van der Waals surface area contributed by atoms with Crippen LogP contribution in [0.2, 0.25) is 0 Å². The van der Waals surface area contributed by atoms with Gasteiger partial charge in [0.05, 0.1) is 11.0 Å². The Kier molecular flexibility index (Phi) is 4.21. The number of sulfone groups is 1. The summed E-state index contributed by atoms with van der Waals surface area (Å²) in [6.07, 6.45) is 2.73. The van der Waals surface area contributed by atoms with Crippen molar-refractivity contribution in [2.45, 2.75) is 25.0 Å². The lowest BCUT2D eigenvalue weighted by atomic mass is 10.1. The first-order chi connectivity index (χ1) is 10.6. The van der Waals surface area contributed by atoms with Crippen molar-refractivity contribution in [2.24, 2.45) is 0 Å². The molecule has 0 bridgehead atoms. The highest BCUT2D eigenvalue weighted by atomic mass is 32.2. The Labute approximate surface area is 129 Å². The van der Waals surface area contributed by atoms with Gasteiger partial charge in [-0.2, -0.15) is 4.98 Å². The van der Waals surface area contributed by atoms with E-state index in [2.05, 4.69) is 20.4 Å². The molecular formula is C14H18N4O3S. The number of hydrogen-bond acceptors (Lipinski definition) is 7. The third kappa shape index (κ3) is 3.02. The van der Waals surface area contributed by atoms with Crippen molar-refractivity contribution < 1.29 is 12.9 Å². The summed E-state index contributed by atoms with van der Waals surface area (Å²) in [6, 6.07) is 3.83. The van der Waals surface area contributed by atoms with Crippen molar-refractivity contribution >= 4 is 9.84 Å².